The lowest BCUT2D eigenvalue weighted by Crippen LogP contribution is -2.17. The highest BCUT2D eigenvalue weighted by molar-refractivity contribution is 6.31. The van der Waals surface area contributed by atoms with Crippen molar-refractivity contribution < 1.29 is 9.21 Å². The Hall–Kier alpha value is -2.92. The van der Waals surface area contributed by atoms with E-state index in [1.165, 1.54) is 18.6 Å². The second kappa shape index (κ2) is 6.89. The molecule has 0 saturated heterocycles. The zero-order chi connectivity index (χ0) is 16.1. The minimum absolute atomic E-state index is 0.214. The van der Waals surface area contributed by atoms with E-state index in [-0.39, 0.29) is 11.1 Å². The lowest BCUT2D eigenvalue weighted by atomic mass is 10.1. The molecule has 23 heavy (non-hydrogen) atoms. The van der Waals surface area contributed by atoms with Gasteiger partial charge in [0.2, 0.25) is 5.22 Å². The van der Waals surface area contributed by atoms with Gasteiger partial charge in [0.15, 0.2) is 0 Å². The molecule has 5 nitrogen and oxygen atoms in total. The summed E-state index contributed by atoms with van der Waals surface area (Å²) in [6, 6.07) is 14.5. The molecular weight excluding hydrogens is 314 g/mol. The molecule has 1 N–H and O–H groups in total. The Labute approximate surface area is 137 Å². The maximum atomic E-state index is 11.8. The van der Waals surface area contributed by atoms with Crippen LogP contribution in [0.5, 0.6) is 0 Å². The maximum absolute atomic E-state index is 11.8. The fraction of sp³-hybridized carbons (Fsp3) is 0. The Morgan fingerprint density at radius 2 is 1.91 bits per heavy atom. The molecule has 0 fully saturated rings. The number of carbonyl (C=O) groups is 1. The van der Waals surface area contributed by atoms with Gasteiger partial charge in [0.1, 0.15) is 5.76 Å². The molecule has 0 unspecified atom stereocenters. The number of halogens is 1. The molecule has 114 valence electrons. The predicted octanol–water partition coefficient (Wildman–Crippen LogP) is 3.76. The number of aromatic nitrogens is 1. The van der Waals surface area contributed by atoms with Gasteiger partial charge in [-0.25, -0.2) is 5.43 Å². The van der Waals surface area contributed by atoms with Crippen molar-refractivity contribution >= 4 is 23.7 Å². The van der Waals surface area contributed by atoms with E-state index in [4.69, 9.17) is 16.0 Å². The third-order valence-corrected chi connectivity index (χ3v) is 3.38. The molecule has 2 aromatic heterocycles. The molecule has 1 amide bonds. The zero-order valence-corrected chi connectivity index (χ0v) is 12.7. The number of rotatable bonds is 4. The third kappa shape index (κ3) is 3.64. The SMILES string of the molecule is O=C(N/N=C/c1cc(-c2ccccc2)oc1Cl)c1ccncc1. The zero-order valence-electron chi connectivity index (χ0n) is 11.9. The fourth-order valence-corrected chi connectivity index (χ4v) is 2.13. The highest BCUT2D eigenvalue weighted by Crippen LogP contribution is 2.27. The summed E-state index contributed by atoms with van der Waals surface area (Å²) in [5.74, 6) is 0.309. The van der Waals surface area contributed by atoms with Gasteiger partial charge in [-0.15, -0.1) is 0 Å². The van der Waals surface area contributed by atoms with Gasteiger partial charge in [-0.1, -0.05) is 30.3 Å². The van der Waals surface area contributed by atoms with E-state index in [1.54, 1.807) is 18.2 Å². The molecule has 3 rings (SSSR count). The van der Waals surface area contributed by atoms with E-state index >= 15 is 0 Å². The van der Waals surface area contributed by atoms with Crippen molar-refractivity contribution in [3.05, 3.63) is 77.3 Å². The van der Waals surface area contributed by atoms with Gasteiger partial charge in [0.25, 0.3) is 5.91 Å². The Bertz CT molecular complexity index is 830. The molecule has 2 heterocycles. The molecular formula is C17H12ClN3O2. The second-order valence-electron chi connectivity index (χ2n) is 4.64. The topological polar surface area (TPSA) is 67.5 Å². The first kappa shape index (κ1) is 15.0. The smallest absolute Gasteiger partial charge is 0.271 e. The van der Waals surface area contributed by atoms with Crippen LogP contribution in [0.1, 0.15) is 15.9 Å². The van der Waals surface area contributed by atoms with Crippen LogP contribution in [-0.2, 0) is 0 Å². The largest absolute Gasteiger partial charge is 0.444 e. The van der Waals surface area contributed by atoms with Gasteiger partial charge < -0.3 is 4.42 Å². The van der Waals surface area contributed by atoms with E-state index < -0.39 is 0 Å². The van der Waals surface area contributed by atoms with Crippen LogP contribution in [0.25, 0.3) is 11.3 Å². The van der Waals surface area contributed by atoms with Crippen LogP contribution in [0.15, 0.2) is 70.4 Å². The summed E-state index contributed by atoms with van der Waals surface area (Å²) in [6.07, 6.45) is 4.52. The number of amides is 1. The standard InChI is InChI=1S/C17H12ClN3O2/c18-16-14(10-15(23-16)12-4-2-1-3-5-12)11-20-21-17(22)13-6-8-19-9-7-13/h1-11H,(H,21,22)/b20-11+. The summed E-state index contributed by atoms with van der Waals surface area (Å²) in [4.78, 5) is 15.7. The first-order valence-electron chi connectivity index (χ1n) is 6.82. The number of nitrogens with one attached hydrogen (secondary N) is 1. The summed E-state index contributed by atoms with van der Waals surface area (Å²) >= 11 is 6.05. The van der Waals surface area contributed by atoms with Crippen LogP contribution in [0.3, 0.4) is 0 Å². The Kier molecular flexibility index (Phi) is 4.49. The van der Waals surface area contributed by atoms with Crippen molar-refractivity contribution in [3.8, 4) is 11.3 Å². The Morgan fingerprint density at radius 3 is 2.65 bits per heavy atom. The van der Waals surface area contributed by atoms with Crippen molar-refractivity contribution in [3.63, 3.8) is 0 Å². The average Bonchev–Trinajstić information content (AvgIpc) is 2.97. The van der Waals surface area contributed by atoms with Crippen molar-refractivity contribution in [2.45, 2.75) is 0 Å². The number of furan rings is 1. The minimum atomic E-state index is -0.327. The first-order valence-corrected chi connectivity index (χ1v) is 7.20. The molecule has 0 atom stereocenters. The van der Waals surface area contributed by atoms with Gasteiger partial charge in [0, 0.05) is 23.5 Å². The summed E-state index contributed by atoms with van der Waals surface area (Å²) < 4.78 is 5.50. The number of hydrogen-bond acceptors (Lipinski definition) is 4. The van der Waals surface area contributed by atoms with E-state index in [2.05, 4.69) is 15.5 Å². The number of benzene rings is 1. The van der Waals surface area contributed by atoms with Crippen molar-refractivity contribution in [2.24, 2.45) is 5.10 Å². The molecule has 6 heteroatoms. The third-order valence-electron chi connectivity index (χ3n) is 3.08. The number of hydrogen-bond donors (Lipinski definition) is 1. The van der Waals surface area contributed by atoms with Gasteiger partial charge >= 0.3 is 0 Å². The first-order chi connectivity index (χ1) is 11.2. The van der Waals surface area contributed by atoms with Crippen molar-refractivity contribution in [2.75, 3.05) is 0 Å². The van der Waals surface area contributed by atoms with E-state index in [0.29, 0.717) is 16.9 Å². The maximum Gasteiger partial charge on any atom is 0.271 e. The monoisotopic (exact) mass is 325 g/mol. The normalized spacial score (nSPS) is 10.8. The van der Waals surface area contributed by atoms with Crippen molar-refractivity contribution in [1.29, 1.82) is 0 Å². The lowest BCUT2D eigenvalue weighted by molar-refractivity contribution is 0.0955. The quantitative estimate of drug-likeness (QED) is 0.586. The minimum Gasteiger partial charge on any atom is -0.444 e. The molecule has 0 aliphatic rings. The molecule has 1 aromatic carbocycles. The molecule has 0 aliphatic heterocycles. The molecule has 0 radical (unpaired) electrons. The summed E-state index contributed by atoms with van der Waals surface area (Å²) in [6.45, 7) is 0. The van der Waals surface area contributed by atoms with Gasteiger partial charge in [-0.2, -0.15) is 5.10 Å². The van der Waals surface area contributed by atoms with Gasteiger partial charge in [-0.3, -0.25) is 9.78 Å². The number of carbonyl (C=O) groups excluding carboxylic acids is 1. The van der Waals surface area contributed by atoms with E-state index in [9.17, 15) is 4.79 Å². The van der Waals surface area contributed by atoms with Crippen LogP contribution < -0.4 is 5.43 Å². The van der Waals surface area contributed by atoms with Crippen LogP contribution in [0.4, 0.5) is 0 Å². The van der Waals surface area contributed by atoms with Crippen molar-refractivity contribution in [1.82, 2.24) is 10.4 Å². The lowest BCUT2D eigenvalue weighted by Gasteiger charge is -1.97. The highest BCUT2D eigenvalue weighted by Gasteiger charge is 2.09. The van der Waals surface area contributed by atoms with Crippen LogP contribution in [0, 0.1) is 0 Å². The molecule has 0 spiro atoms. The van der Waals surface area contributed by atoms with E-state index in [0.717, 1.165) is 5.56 Å². The van der Waals surface area contributed by atoms with Gasteiger partial charge in [0.05, 0.1) is 11.8 Å². The van der Waals surface area contributed by atoms with Crippen LogP contribution in [0.2, 0.25) is 5.22 Å². The molecule has 0 aliphatic carbocycles. The number of pyridine rings is 1. The molecule has 0 bridgehead atoms. The predicted molar refractivity (Wildman–Crippen MR) is 88.5 cm³/mol. The van der Waals surface area contributed by atoms with Crippen LogP contribution >= 0.6 is 11.6 Å². The van der Waals surface area contributed by atoms with Gasteiger partial charge in [-0.05, 0) is 29.8 Å². The Balaban J connectivity index is 1.71. The fourth-order valence-electron chi connectivity index (χ4n) is 1.94. The molecule has 0 saturated carbocycles. The van der Waals surface area contributed by atoms with E-state index in [1.807, 2.05) is 30.3 Å². The summed E-state index contributed by atoms with van der Waals surface area (Å²) in [5, 5.41) is 4.11. The Morgan fingerprint density at radius 1 is 1.17 bits per heavy atom. The summed E-state index contributed by atoms with van der Waals surface area (Å²) in [7, 11) is 0. The highest BCUT2D eigenvalue weighted by atomic mass is 35.5. The number of hydrazone groups is 1. The summed E-state index contributed by atoms with van der Waals surface area (Å²) in [5.41, 5.74) is 4.39. The average molecular weight is 326 g/mol. The van der Waals surface area contributed by atoms with Crippen LogP contribution in [-0.4, -0.2) is 17.1 Å². The second-order valence-corrected chi connectivity index (χ2v) is 4.98. The number of nitrogens with zero attached hydrogens (tertiary/aromatic N) is 2. The molecule has 3 aromatic rings.